The van der Waals surface area contributed by atoms with Crippen LogP contribution >= 0.6 is 23.2 Å². The van der Waals surface area contributed by atoms with Gasteiger partial charge in [-0.1, -0.05) is 0 Å². The van der Waals surface area contributed by atoms with Gasteiger partial charge in [-0.3, -0.25) is 9.47 Å². The Hall–Kier alpha value is 0.0800. The minimum absolute atomic E-state index is 2.89. The summed E-state index contributed by atoms with van der Waals surface area (Å²) in [6.45, 7) is 0. The van der Waals surface area contributed by atoms with E-state index < -0.39 is 22.8 Å². The molecule has 0 aliphatic carbocycles. The third-order valence-corrected chi connectivity index (χ3v) is 1.93. The fourth-order valence-corrected chi connectivity index (χ4v) is 0.861. The predicted molar refractivity (Wildman–Crippen MR) is 31.4 cm³/mol. The van der Waals surface area contributed by atoms with Crippen LogP contribution in [0.5, 0.6) is 0 Å². The van der Waals surface area contributed by atoms with Gasteiger partial charge in [-0.05, 0) is 23.2 Å². The Morgan fingerprint density at radius 3 is 1.29 bits per heavy atom. The molecular weight excluding hydrogens is 265 g/mol. The van der Waals surface area contributed by atoms with Gasteiger partial charge >= 0.3 is 22.8 Å². The molecule has 2 unspecified atom stereocenters. The molecule has 0 radical (unpaired) electrons. The van der Waals surface area contributed by atoms with Crippen molar-refractivity contribution < 1.29 is 35.8 Å². The summed E-state index contributed by atoms with van der Waals surface area (Å²) in [6, 6.07) is -5.01. The van der Waals surface area contributed by atoms with E-state index in [0.29, 0.717) is 0 Å². The van der Waals surface area contributed by atoms with Crippen LogP contribution in [0.15, 0.2) is 0 Å². The first-order valence-electron chi connectivity index (χ1n) is 2.83. The molecule has 2 atom stereocenters. The Labute approximate surface area is 82.7 Å². The molecule has 84 valence electrons. The Kier molecular flexibility index (Phi) is 2.44. The van der Waals surface area contributed by atoms with E-state index in [0.717, 1.165) is 0 Å². The zero-order valence-corrected chi connectivity index (χ0v) is 7.35. The van der Waals surface area contributed by atoms with Crippen LogP contribution in [0, 0.1) is 0 Å². The average Bonchev–Trinajstić information content (AvgIpc) is 1.95. The van der Waals surface area contributed by atoms with Gasteiger partial charge in [0.15, 0.2) is 0 Å². The van der Waals surface area contributed by atoms with E-state index in [4.69, 9.17) is 0 Å². The molecule has 0 bridgehead atoms. The van der Waals surface area contributed by atoms with Crippen molar-refractivity contribution in [2.45, 2.75) is 22.8 Å². The van der Waals surface area contributed by atoms with E-state index in [1.165, 1.54) is 0 Å². The second kappa shape index (κ2) is 2.81. The summed E-state index contributed by atoms with van der Waals surface area (Å²) < 4.78 is 78.8. The molecule has 2 nitrogen and oxygen atoms in total. The highest BCUT2D eigenvalue weighted by molar-refractivity contribution is 6.32. The van der Waals surface area contributed by atoms with Crippen LogP contribution in [-0.4, -0.2) is 22.8 Å². The van der Waals surface area contributed by atoms with Gasteiger partial charge in [0.05, 0.1) is 0 Å². The van der Waals surface area contributed by atoms with Crippen LogP contribution < -0.4 is 0 Å². The minimum atomic E-state index is -5.83. The third kappa shape index (κ3) is 1.64. The fourth-order valence-electron chi connectivity index (χ4n) is 0.585. The van der Waals surface area contributed by atoms with Gasteiger partial charge in [0, 0.05) is 0 Å². The molecule has 1 fully saturated rings. The first-order valence-corrected chi connectivity index (χ1v) is 3.58. The molecule has 10 heteroatoms. The molecular formula is C4Cl2F6O2. The zero-order chi connectivity index (χ0) is 11.4. The summed E-state index contributed by atoms with van der Waals surface area (Å²) in [6.07, 6.45) is -5.83. The van der Waals surface area contributed by atoms with Crippen molar-refractivity contribution in [3.8, 4) is 0 Å². The second-order valence-electron chi connectivity index (χ2n) is 2.27. The first kappa shape index (κ1) is 12.2. The second-order valence-corrected chi connectivity index (χ2v) is 3.24. The molecule has 1 aliphatic heterocycles. The Balaban J connectivity index is 3.03. The summed E-state index contributed by atoms with van der Waals surface area (Å²) in [5.74, 6) is 0. The highest BCUT2D eigenvalue weighted by Crippen LogP contribution is 2.56. The summed E-state index contributed by atoms with van der Waals surface area (Å²) in [5.41, 5.74) is 0. The lowest BCUT2D eigenvalue weighted by Crippen LogP contribution is -2.43. The molecule has 1 aliphatic rings. The maximum atomic E-state index is 12.6. The normalized spacial score (nSPS) is 49.7. The zero-order valence-electron chi connectivity index (χ0n) is 5.84. The fraction of sp³-hybridized carbons (Fsp3) is 1.00. The topological polar surface area (TPSA) is 18.5 Å². The Morgan fingerprint density at radius 2 is 1.14 bits per heavy atom. The molecule has 1 rings (SSSR count). The smallest absolute Gasteiger partial charge is 0.260 e. The summed E-state index contributed by atoms with van der Waals surface area (Å²) in [7, 11) is 0. The van der Waals surface area contributed by atoms with Crippen LogP contribution in [0.25, 0.3) is 0 Å². The van der Waals surface area contributed by atoms with Crippen molar-refractivity contribution in [1.29, 1.82) is 0 Å². The van der Waals surface area contributed by atoms with Crippen molar-refractivity contribution in [2.24, 2.45) is 0 Å². The molecule has 0 aromatic heterocycles. The summed E-state index contributed by atoms with van der Waals surface area (Å²) in [4.78, 5) is 0. The van der Waals surface area contributed by atoms with E-state index in [1.807, 2.05) is 0 Å². The average molecular weight is 265 g/mol. The Bertz CT molecular complexity index is 235. The van der Waals surface area contributed by atoms with E-state index in [9.17, 15) is 26.3 Å². The van der Waals surface area contributed by atoms with Gasteiger partial charge < -0.3 is 0 Å². The largest absolute Gasteiger partial charge is 0.478 e. The number of ether oxygens (including phenoxy) is 2. The molecule has 0 N–H and O–H groups in total. The van der Waals surface area contributed by atoms with E-state index >= 15 is 0 Å². The lowest BCUT2D eigenvalue weighted by Gasteiger charge is -2.19. The van der Waals surface area contributed by atoms with Crippen molar-refractivity contribution in [2.75, 3.05) is 0 Å². The maximum absolute atomic E-state index is 12.6. The van der Waals surface area contributed by atoms with Crippen LogP contribution in [0.3, 0.4) is 0 Å². The maximum Gasteiger partial charge on any atom is 0.478 e. The van der Waals surface area contributed by atoms with Crippen LogP contribution in [0.2, 0.25) is 0 Å². The van der Waals surface area contributed by atoms with Crippen LogP contribution in [-0.2, 0) is 9.47 Å². The summed E-state index contributed by atoms with van der Waals surface area (Å²) >= 11 is 8.78. The predicted octanol–water partition coefficient (Wildman–Crippen LogP) is 2.94. The highest BCUT2D eigenvalue weighted by atomic mass is 35.5. The number of halogens is 8. The molecule has 0 amide bonds. The van der Waals surface area contributed by atoms with E-state index in [2.05, 4.69) is 32.7 Å². The van der Waals surface area contributed by atoms with Crippen molar-refractivity contribution in [3.05, 3.63) is 0 Å². The lowest BCUT2D eigenvalue weighted by molar-refractivity contribution is -0.420. The minimum Gasteiger partial charge on any atom is -0.260 e. The van der Waals surface area contributed by atoms with Gasteiger partial charge in [0.25, 0.3) is 0 Å². The Morgan fingerprint density at radius 1 is 0.857 bits per heavy atom. The SMILES string of the molecule is FC(F)(F)C1(F)OC(F)(Cl)C(F)(Cl)O1. The van der Waals surface area contributed by atoms with Gasteiger partial charge in [-0.2, -0.15) is 26.3 Å². The first-order chi connectivity index (χ1) is 5.91. The standard InChI is InChI=1S/C4Cl2F6O2/c5-1(7)2(6,8)14-4(12,13-1)3(9,10)11. The highest BCUT2D eigenvalue weighted by Gasteiger charge is 2.78. The molecule has 0 saturated carbocycles. The molecule has 1 heterocycles. The van der Waals surface area contributed by atoms with E-state index in [1.54, 1.807) is 0 Å². The quantitative estimate of drug-likeness (QED) is 0.495. The summed E-state index contributed by atoms with van der Waals surface area (Å²) in [5, 5.41) is -8.53. The third-order valence-electron chi connectivity index (χ3n) is 1.20. The molecule has 0 aromatic carbocycles. The number of rotatable bonds is 0. The van der Waals surface area contributed by atoms with Crippen molar-refractivity contribution in [1.82, 2.24) is 0 Å². The number of alkyl halides is 8. The van der Waals surface area contributed by atoms with E-state index in [-0.39, 0.29) is 0 Å². The number of hydrogen-bond acceptors (Lipinski definition) is 2. The molecule has 0 spiro atoms. The van der Waals surface area contributed by atoms with Gasteiger partial charge in [0.2, 0.25) is 0 Å². The van der Waals surface area contributed by atoms with Gasteiger partial charge in [0.1, 0.15) is 0 Å². The van der Waals surface area contributed by atoms with Gasteiger partial charge in [-0.15, -0.1) is 0 Å². The lowest BCUT2D eigenvalue weighted by atomic mass is 10.6. The number of hydrogen-bond donors (Lipinski definition) is 0. The van der Waals surface area contributed by atoms with Gasteiger partial charge in [-0.25, -0.2) is 0 Å². The molecule has 1 saturated heterocycles. The molecule has 14 heavy (non-hydrogen) atoms. The monoisotopic (exact) mass is 264 g/mol. The van der Waals surface area contributed by atoms with Crippen LogP contribution in [0.1, 0.15) is 0 Å². The molecule has 0 aromatic rings. The van der Waals surface area contributed by atoms with Crippen molar-refractivity contribution in [3.63, 3.8) is 0 Å². The van der Waals surface area contributed by atoms with Crippen LogP contribution in [0.4, 0.5) is 26.3 Å². The van der Waals surface area contributed by atoms with Crippen molar-refractivity contribution >= 4 is 23.2 Å².